The quantitative estimate of drug-likeness (QED) is 0.489. The van der Waals surface area contributed by atoms with Gasteiger partial charge in [0.1, 0.15) is 11.2 Å². The average molecular weight is 486 g/mol. The molecular weight excluding hydrogens is 470 g/mol. The summed E-state index contributed by atoms with van der Waals surface area (Å²) in [4.78, 5) is 36.1. The molecule has 2 aromatic heterocycles. The van der Waals surface area contributed by atoms with Gasteiger partial charge in [0.2, 0.25) is 5.95 Å². The summed E-state index contributed by atoms with van der Waals surface area (Å²) in [6, 6.07) is 4.93. The molecule has 34 heavy (non-hydrogen) atoms. The SMILES string of the molecule is O=C(N[C@@H]1CCN(c2nc(Nc3cccc(C(F)(F)F)c3)c3c(=O)[nH]ccc3n2)C1)C(F)(F)F. The number of anilines is 3. The normalized spacial score (nSPS) is 16.6. The summed E-state index contributed by atoms with van der Waals surface area (Å²) < 4.78 is 76.8. The summed E-state index contributed by atoms with van der Waals surface area (Å²) in [6.07, 6.45) is -8.09. The van der Waals surface area contributed by atoms with Gasteiger partial charge in [0.25, 0.3) is 5.56 Å². The van der Waals surface area contributed by atoms with Crippen molar-refractivity contribution in [1.29, 1.82) is 0 Å². The number of hydrogen-bond acceptors (Lipinski definition) is 6. The van der Waals surface area contributed by atoms with Crippen molar-refractivity contribution in [2.24, 2.45) is 0 Å². The van der Waals surface area contributed by atoms with Crippen LogP contribution in [0.25, 0.3) is 10.9 Å². The molecule has 1 atom stereocenters. The third-order valence-corrected chi connectivity index (χ3v) is 5.12. The third kappa shape index (κ3) is 4.89. The Labute approximate surface area is 187 Å². The van der Waals surface area contributed by atoms with E-state index in [4.69, 9.17) is 0 Å². The maximum Gasteiger partial charge on any atom is 0.471 e. The lowest BCUT2D eigenvalue weighted by Gasteiger charge is -2.19. The van der Waals surface area contributed by atoms with Gasteiger partial charge >= 0.3 is 18.3 Å². The van der Waals surface area contributed by atoms with E-state index < -0.39 is 35.4 Å². The molecule has 0 unspecified atom stereocenters. The van der Waals surface area contributed by atoms with E-state index in [-0.39, 0.29) is 47.9 Å². The Bertz CT molecular complexity index is 1290. The van der Waals surface area contributed by atoms with Crippen molar-refractivity contribution in [2.45, 2.75) is 24.8 Å². The highest BCUT2D eigenvalue weighted by atomic mass is 19.4. The number of benzene rings is 1. The molecule has 3 heterocycles. The zero-order chi connectivity index (χ0) is 24.7. The van der Waals surface area contributed by atoms with Crippen LogP contribution in [0.1, 0.15) is 12.0 Å². The monoisotopic (exact) mass is 486 g/mol. The van der Waals surface area contributed by atoms with Crippen LogP contribution in [0.15, 0.2) is 41.3 Å². The van der Waals surface area contributed by atoms with E-state index in [1.165, 1.54) is 29.3 Å². The predicted octanol–water partition coefficient (Wildman–Crippen LogP) is 3.34. The van der Waals surface area contributed by atoms with Crippen molar-refractivity contribution in [2.75, 3.05) is 23.3 Å². The smallest absolute Gasteiger partial charge is 0.344 e. The molecule has 180 valence electrons. The van der Waals surface area contributed by atoms with Gasteiger partial charge in [-0.05, 0) is 30.7 Å². The molecule has 3 N–H and O–H groups in total. The minimum absolute atomic E-state index is 0.00946. The molecule has 1 amide bonds. The number of amides is 1. The molecular formula is C20H16F6N6O2. The number of carbonyl (C=O) groups excluding carboxylic acids is 1. The number of nitrogens with zero attached hydrogens (tertiary/aromatic N) is 3. The third-order valence-electron chi connectivity index (χ3n) is 5.12. The summed E-state index contributed by atoms with van der Waals surface area (Å²) in [5.74, 6) is -2.10. The molecule has 0 spiro atoms. The van der Waals surface area contributed by atoms with E-state index in [0.29, 0.717) is 0 Å². The van der Waals surface area contributed by atoms with Crippen molar-refractivity contribution >= 4 is 34.3 Å². The fraction of sp³-hybridized carbons (Fsp3) is 0.300. The second-order valence-corrected chi connectivity index (χ2v) is 7.55. The fourth-order valence-electron chi connectivity index (χ4n) is 3.55. The van der Waals surface area contributed by atoms with Gasteiger partial charge in [0, 0.05) is 31.0 Å². The summed E-state index contributed by atoms with van der Waals surface area (Å²) in [5, 5.41) is 4.60. The van der Waals surface area contributed by atoms with Crippen molar-refractivity contribution < 1.29 is 31.1 Å². The van der Waals surface area contributed by atoms with Crippen molar-refractivity contribution in [3.05, 3.63) is 52.4 Å². The molecule has 14 heteroatoms. The number of aromatic amines is 1. The average Bonchev–Trinajstić information content (AvgIpc) is 3.21. The van der Waals surface area contributed by atoms with Crippen LogP contribution in [0, 0.1) is 0 Å². The number of H-pyrrole nitrogens is 1. The van der Waals surface area contributed by atoms with Crippen LogP contribution < -0.4 is 21.1 Å². The second-order valence-electron chi connectivity index (χ2n) is 7.55. The van der Waals surface area contributed by atoms with Crippen LogP contribution in [0.4, 0.5) is 43.8 Å². The Morgan fingerprint density at radius 3 is 2.59 bits per heavy atom. The lowest BCUT2D eigenvalue weighted by Crippen LogP contribution is -2.44. The number of alkyl halides is 6. The fourth-order valence-corrected chi connectivity index (χ4v) is 3.55. The van der Waals surface area contributed by atoms with Crippen LogP contribution >= 0.6 is 0 Å². The molecule has 1 saturated heterocycles. The minimum atomic E-state index is -5.02. The number of halogens is 6. The summed E-state index contributed by atoms with van der Waals surface area (Å²) in [6.45, 7) is 0.181. The summed E-state index contributed by atoms with van der Waals surface area (Å²) in [5.41, 5.74) is -1.31. The molecule has 8 nitrogen and oxygen atoms in total. The van der Waals surface area contributed by atoms with E-state index in [1.807, 2.05) is 5.32 Å². The van der Waals surface area contributed by atoms with Crippen LogP contribution in [-0.4, -0.2) is 46.2 Å². The first-order valence-corrected chi connectivity index (χ1v) is 9.88. The van der Waals surface area contributed by atoms with E-state index in [2.05, 4.69) is 20.3 Å². The van der Waals surface area contributed by atoms with Gasteiger partial charge in [0.15, 0.2) is 0 Å². The van der Waals surface area contributed by atoms with E-state index in [9.17, 15) is 35.9 Å². The van der Waals surface area contributed by atoms with E-state index >= 15 is 0 Å². The molecule has 4 rings (SSSR count). The van der Waals surface area contributed by atoms with E-state index in [1.54, 1.807) is 0 Å². The Hall–Kier alpha value is -3.84. The highest BCUT2D eigenvalue weighted by Gasteiger charge is 2.41. The van der Waals surface area contributed by atoms with Crippen LogP contribution in [-0.2, 0) is 11.0 Å². The number of hydrogen-bond donors (Lipinski definition) is 3. The van der Waals surface area contributed by atoms with Crippen LogP contribution in [0.3, 0.4) is 0 Å². The molecule has 1 fully saturated rings. The van der Waals surface area contributed by atoms with E-state index in [0.717, 1.165) is 12.1 Å². The first-order chi connectivity index (χ1) is 15.9. The molecule has 1 aliphatic heterocycles. The Kier molecular flexibility index (Phi) is 5.83. The summed E-state index contributed by atoms with van der Waals surface area (Å²) in [7, 11) is 0. The predicted molar refractivity (Wildman–Crippen MR) is 110 cm³/mol. The largest absolute Gasteiger partial charge is 0.471 e. The minimum Gasteiger partial charge on any atom is -0.344 e. The number of rotatable bonds is 4. The number of aromatic nitrogens is 3. The number of fused-ring (bicyclic) bond motifs is 1. The maximum absolute atomic E-state index is 13.1. The zero-order valence-corrected chi connectivity index (χ0v) is 17.1. The number of nitrogens with one attached hydrogen (secondary N) is 3. The lowest BCUT2D eigenvalue weighted by atomic mass is 10.2. The standard InChI is InChI=1S/C20H16F6N6O2/c21-19(22,23)10-2-1-3-11(8-10)28-15-14-13(4-6-27-16(14)33)30-18(31-15)32-7-5-12(9-32)29-17(34)20(24,25)26/h1-4,6,8,12H,5,7,9H2,(H,27,33)(H,29,34)(H,28,30,31)/t12-/m1/s1. The molecule has 0 radical (unpaired) electrons. The van der Waals surface area contributed by atoms with Crippen molar-refractivity contribution in [3.8, 4) is 0 Å². The van der Waals surface area contributed by atoms with Gasteiger partial charge in [-0.25, -0.2) is 4.98 Å². The van der Waals surface area contributed by atoms with Crippen LogP contribution in [0.5, 0.6) is 0 Å². The molecule has 0 bridgehead atoms. The van der Waals surface area contributed by atoms with Crippen LogP contribution in [0.2, 0.25) is 0 Å². The molecule has 1 aromatic carbocycles. The molecule has 3 aromatic rings. The summed E-state index contributed by atoms with van der Waals surface area (Å²) >= 11 is 0. The van der Waals surface area contributed by atoms with Gasteiger partial charge in [-0.3, -0.25) is 9.59 Å². The zero-order valence-electron chi connectivity index (χ0n) is 17.1. The lowest BCUT2D eigenvalue weighted by molar-refractivity contribution is -0.174. The molecule has 1 aliphatic rings. The molecule has 0 saturated carbocycles. The topological polar surface area (TPSA) is 103 Å². The van der Waals surface area contributed by atoms with Crippen molar-refractivity contribution in [1.82, 2.24) is 20.3 Å². The highest BCUT2D eigenvalue weighted by Crippen LogP contribution is 2.32. The van der Waals surface area contributed by atoms with Gasteiger partial charge in [-0.1, -0.05) is 6.07 Å². The van der Waals surface area contributed by atoms with Gasteiger partial charge < -0.3 is 20.5 Å². The second kappa shape index (κ2) is 8.50. The first-order valence-electron chi connectivity index (χ1n) is 9.88. The van der Waals surface area contributed by atoms with Gasteiger partial charge in [-0.15, -0.1) is 0 Å². The van der Waals surface area contributed by atoms with Gasteiger partial charge in [-0.2, -0.15) is 31.3 Å². The van der Waals surface area contributed by atoms with Gasteiger partial charge in [0.05, 0.1) is 11.1 Å². The number of carbonyl (C=O) groups is 1. The molecule has 0 aliphatic carbocycles. The first kappa shape index (κ1) is 23.3. The van der Waals surface area contributed by atoms with Crippen molar-refractivity contribution in [3.63, 3.8) is 0 Å². The number of pyridine rings is 1. The maximum atomic E-state index is 13.1. The Morgan fingerprint density at radius 2 is 1.88 bits per heavy atom. The Balaban J connectivity index is 1.66. The highest BCUT2D eigenvalue weighted by molar-refractivity contribution is 5.91. The Morgan fingerprint density at radius 1 is 1.12 bits per heavy atom.